The quantitative estimate of drug-likeness (QED) is 0.704. The molecule has 1 aromatic heterocycles. The highest BCUT2D eigenvalue weighted by atomic mass is 79.9. The minimum Gasteiger partial charge on any atom is -0.293 e. The Morgan fingerprint density at radius 1 is 1.17 bits per heavy atom. The monoisotopic (exact) mass is 390 g/mol. The molecule has 0 aliphatic rings. The van der Waals surface area contributed by atoms with E-state index in [0.717, 1.165) is 15.6 Å². The molecule has 0 saturated carbocycles. The number of carbonyl (C=O) groups excluding carboxylic acids is 1. The van der Waals surface area contributed by atoms with Crippen molar-refractivity contribution in [3.63, 3.8) is 0 Å². The van der Waals surface area contributed by atoms with Crippen LogP contribution in [0.5, 0.6) is 0 Å². The number of benzene rings is 2. The Morgan fingerprint density at radius 3 is 2.65 bits per heavy atom. The second-order valence-electron chi connectivity index (χ2n) is 4.84. The standard InChI is InChI=1S/C16H12BrClN4O/c17-13-4-2-1-3-12(13)15-20-16(22-21-15)19-14(23)9-10-5-7-11(18)8-6-10/h1-8H,9H2,(H2,19,20,21,22,23). The lowest BCUT2D eigenvalue weighted by molar-refractivity contribution is -0.115. The molecule has 0 atom stereocenters. The van der Waals surface area contributed by atoms with Crippen molar-refractivity contribution in [3.8, 4) is 11.4 Å². The number of aromatic nitrogens is 3. The van der Waals surface area contributed by atoms with Gasteiger partial charge in [-0.3, -0.25) is 15.2 Å². The number of rotatable bonds is 4. The summed E-state index contributed by atoms with van der Waals surface area (Å²) < 4.78 is 0.898. The van der Waals surface area contributed by atoms with Crippen LogP contribution < -0.4 is 5.32 Å². The lowest BCUT2D eigenvalue weighted by Crippen LogP contribution is -2.15. The van der Waals surface area contributed by atoms with Gasteiger partial charge in [-0.2, -0.15) is 4.98 Å². The minimum absolute atomic E-state index is 0.190. The lowest BCUT2D eigenvalue weighted by atomic mass is 10.1. The minimum atomic E-state index is -0.190. The third-order valence-electron chi connectivity index (χ3n) is 3.14. The topological polar surface area (TPSA) is 70.7 Å². The van der Waals surface area contributed by atoms with Gasteiger partial charge in [0.25, 0.3) is 0 Å². The van der Waals surface area contributed by atoms with Crippen molar-refractivity contribution in [2.75, 3.05) is 5.32 Å². The summed E-state index contributed by atoms with van der Waals surface area (Å²) in [5, 5.41) is 10.1. The molecule has 5 nitrogen and oxygen atoms in total. The van der Waals surface area contributed by atoms with Crippen LogP contribution >= 0.6 is 27.5 Å². The fraction of sp³-hybridized carbons (Fsp3) is 0.0625. The maximum absolute atomic E-state index is 12.0. The first-order chi connectivity index (χ1) is 11.1. The largest absolute Gasteiger partial charge is 0.293 e. The third-order valence-corrected chi connectivity index (χ3v) is 4.09. The molecule has 3 aromatic rings. The molecule has 0 radical (unpaired) electrons. The van der Waals surface area contributed by atoms with E-state index in [1.54, 1.807) is 12.1 Å². The van der Waals surface area contributed by atoms with Gasteiger partial charge in [0.05, 0.1) is 6.42 Å². The van der Waals surface area contributed by atoms with Crippen LogP contribution in [0.15, 0.2) is 53.0 Å². The molecule has 23 heavy (non-hydrogen) atoms. The summed E-state index contributed by atoms with van der Waals surface area (Å²) in [5.74, 6) is 0.638. The molecular weight excluding hydrogens is 380 g/mol. The zero-order chi connectivity index (χ0) is 16.2. The van der Waals surface area contributed by atoms with Gasteiger partial charge < -0.3 is 0 Å². The number of nitrogens with zero attached hydrogens (tertiary/aromatic N) is 2. The number of amides is 1. The first kappa shape index (κ1) is 15.7. The van der Waals surface area contributed by atoms with Crippen LogP contribution in [0, 0.1) is 0 Å². The summed E-state index contributed by atoms with van der Waals surface area (Å²) in [6.07, 6.45) is 0.232. The molecule has 116 valence electrons. The van der Waals surface area contributed by atoms with E-state index in [2.05, 4.69) is 36.4 Å². The maximum atomic E-state index is 12.0. The number of anilines is 1. The smallest absolute Gasteiger partial charge is 0.249 e. The molecule has 0 unspecified atom stereocenters. The molecule has 0 aliphatic heterocycles. The van der Waals surface area contributed by atoms with E-state index >= 15 is 0 Å². The van der Waals surface area contributed by atoms with Crippen molar-refractivity contribution in [1.29, 1.82) is 0 Å². The number of nitrogens with one attached hydrogen (secondary N) is 2. The molecule has 0 spiro atoms. The van der Waals surface area contributed by atoms with Gasteiger partial charge in [-0.1, -0.05) is 57.9 Å². The molecule has 2 N–H and O–H groups in total. The summed E-state index contributed by atoms with van der Waals surface area (Å²) in [7, 11) is 0. The lowest BCUT2D eigenvalue weighted by Gasteiger charge is -2.01. The van der Waals surface area contributed by atoms with Gasteiger partial charge in [-0.15, -0.1) is 5.10 Å². The summed E-state index contributed by atoms with van der Waals surface area (Å²) >= 11 is 9.28. The van der Waals surface area contributed by atoms with E-state index in [4.69, 9.17) is 11.6 Å². The van der Waals surface area contributed by atoms with Crippen molar-refractivity contribution >= 4 is 39.4 Å². The Bertz CT molecular complexity index is 832. The Morgan fingerprint density at radius 2 is 1.91 bits per heavy atom. The van der Waals surface area contributed by atoms with Crippen LogP contribution in [-0.2, 0) is 11.2 Å². The number of hydrogen-bond acceptors (Lipinski definition) is 3. The van der Waals surface area contributed by atoms with Crippen molar-refractivity contribution in [1.82, 2.24) is 15.2 Å². The number of aromatic amines is 1. The van der Waals surface area contributed by atoms with Gasteiger partial charge in [-0.25, -0.2) is 0 Å². The first-order valence-corrected chi connectivity index (χ1v) is 8.00. The predicted octanol–water partition coefficient (Wildman–Crippen LogP) is 4.07. The molecule has 2 aromatic carbocycles. The SMILES string of the molecule is O=C(Cc1ccc(Cl)cc1)Nc1n[nH]c(-c2ccccc2Br)n1. The summed E-state index contributed by atoms with van der Waals surface area (Å²) in [6, 6.07) is 14.8. The van der Waals surface area contributed by atoms with Crippen LogP contribution in [0.1, 0.15) is 5.56 Å². The number of carbonyl (C=O) groups is 1. The van der Waals surface area contributed by atoms with Crippen LogP contribution in [0.3, 0.4) is 0 Å². The second-order valence-corrected chi connectivity index (χ2v) is 6.13. The first-order valence-electron chi connectivity index (χ1n) is 6.83. The molecule has 1 heterocycles. The fourth-order valence-electron chi connectivity index (χ4n) is 2.05. The van der Waals surface area contributed by atoms with E-state index in [1.165, 1.54) is 0 Å². The molecule has 0 saturated heterocycles. The highest BCUT2D eigenvalue weighted by Crippen LogP contribution is 2.25. The van der Waals surface area contributed by atoms with Crippen molar-refractivity contribution in [3.05, 3.63) is 63.6 Å². The summed E-state index contributed by atoms with van der Waals surface area (Å²) in [4.78, 5) is 16.3. The van der Waals surface area contributed by atoms with Gasteiger partial charge in [0.1, 0.15) is 0 Å². The zero-order valence-electron chi connectivity index (χ0n) is 11.9. The normalized spacial score (nSPS) is 10.5. The van der Waals surface area contributed by atoms with Gasteiger partial charge >= 0.3 is 0 Å². The second kappa shape index (κ2) is 6.93. The molecule has 3 rings (SSSR count). The van der Waals surface area contributed by atoms with Crippen LogP contribution in [0.25, 0.3) is 11.4 Å². The van der Waals surface area contributed by atoms with Crippen LogP contribution in [0.2, 0.25) is 5.02 Å². The van der Waals surface area contributed by atoms with Gasteiger partial charge in [0.2, 0.25) is 11.9 Å². The maximum Gasteiger partial charge on any atom is 0.249 e. The summed E-state index contributed by atoms with van der Waals surface area (Å²) in [5.41, 5.74) is 1.74. The number of halogens is 2. The Labute approximate surface area is 146 Å². The molecule has 0 bridgehead atoms. The van der Waals surface area contributed by atoms with Gasteiger partial charge in [0, 0.05) is 15.1 Å². The Balaban J connectivity index is 1.68. The third kappa shape index (κ3) is 3.97. The molecule has 7 heteroatoms. The van der Waals surface area contributed by atoms with Crippen molar-refractivity contribution < 1.29 is 4.79 Å². The zero-order valence-corrected chi connectivity index (χ0v) is 14.2. The molecule has 0 fully saturated rings. The van der Waals surface area contributed by atoms with E-state index in [0.29, 0.717) is 10.8 Å². The van der Waals surface area contributed by atoms with E-state index in [9.17, 15) is 4.79 Å². The van der Waals surface area contributed by atoms with E-state index in [-0.39, 0.29) is 18.3 Å². The Kier molecular flexibility index (Phi) is 4.73. The average Bonchev–Trinajstić information content (AvgIpc) is 2.98. The highest BCUT2D eigenvalue weighted by Gasteiger charge is 2.11. The van der Waals surface area contributed by atoms with Crippen molar-refractivity contribution in [2.24, 2.45) is 0 Å². The van der Waals surface area contributed by atoms with E-state index in [1.807, 2.05) is 36.4 Å². The van der Waals surface area contributed by atoms with Crippen LogP contribution in [0.4, 0.5) is 5.95 Å². The molecule has 1 amide bonds. The summed E-state index contributed by atoms with van der Waals surface area (Å²) in [6.45, 7) is 0. The van der Waals surface area contributed by atoms with Crippen LogP contribution in [-0.4, -0.2) is 21.1 Å². The molecular formula is C16H12BrClN4O. The Hall–Kier alpha value is -2.18. The van der Waals surface area contributed by atoms with E-state index < -0.39 is 0 Å². The number of H-pyrrole nitrogens is 1. The highest BCUT2D eigenvalue weighted by molar-refractivity contribution is 9.10. The number of hydrogen-bond donors (Lipinski definition) is 2. The van der Waals surface area contributed by atoms with Gasteiger partial charge in [-0.05, 0) is 23.8 Å². The average molecular weight is 392 g/mol. The van der Waals surface area contributed by atoms with Gasteiger partial charge in [0.15, 0.2) is 5.82 Å². The predicted molar refractivity (Wildman–Crippen MR) is 93.3 cm³/mol. The van der Waals surface area contributed by atoms with Crippen molar-refractivity contribution in [2.45, 2.75) is 6.42 Å². The molecule has 0 aliphatic carbocycles. The fourth-order valence-corrected chi connectivity index (χ4v) is 2.65.